The van der Waals surface area contributed by atoms with Gasteiger partial charge >= 0.3 is 0 Å². The molecule has 0 aliphatic carbocycles. The molecule has 0 saturated heterocycles. The van der Waals surface area contributed by atoms with Gasteiger partial charge in [0.25, 0.3) is 5.56 Å². The molecule has 0 unspecified atom stereocenters. The van der Waals surface area contributed by atoms with Crippen LogP contribution in [0.15, 0.2) is 34.4 Å². The molecule has 0 radical (unpaired) electrons. The van der Waals surface area contributed by atoms with Crippen LogP contribution in [0, 0.1) is 6.92 Å². The number of H-pyrrole nitrogens is 1. The lowest BCUT2D eigenvalue weighted by Gasteiger charge is -2.01. The Hall–Kier alpha value is -2.57. The highest BCUT2D eigenvalue weighted by molar-refractivity contribution is 5.98. The molecule has 0 fully saturated rings. The number of anilines is 1. The molecule has 0 spiro atoms. The summed E-state index contributed by atoms with van der Waals surface area (Å²) in [6, 6.07) is 3.67. The lowest BCUT2D eigenvalue weighted by atomic mass is 10.2. The molecule has 2 aromatic rings. The van der Waals surface area contributed by atoms with Gasteiger partial charge in [-0.1, -0.05) is 0 Å². The molecule has 18 heavy (non-hydrogen) atoms. The average Bonchev–Trinajstić information content (AvgIpc) is 2.41. The van der Waals surface area contributed by atoms with Crippen LogP contribution >= 0.6 is 0 Å². The Kier molecular flexibility index (Phi) is 3.42. The number of rotatable bonds is 3. The SMILES string of the molecule is C/C(=N\Nc1nnc(C)c(=O)[nH]1)c1ccncc1. The molecule has 2 aromatic heterocycles. The Morgan fingerprint density at radius 2 is 2.06 bits per heavy atom. The van der Waals surface area contributed by atoms with Crippen molar-refractivity contribution in [3.05, 3.63) is 46.1 Å². The minimum absolute atomic E-state index is 0.207. The molecule has 2 rings (SSSR count). The van der Waals surface area contributed by atoms with Gasteiger partial charge in [-0.3, -0.25) is 14.8 Å². The highest BCUT2D eigenvalue weighted by atomic mass is 16.1. The van der Waals surface area contributed by atoms with Gasteiger partial charge in [0.15, 0.2) is 0 Å². The van der Waals surface area contributed by atoms with E-state index in [-0.39, 0.29) is 11.5 Å². The maximum absolute atomic E-state index is 11.3. The van der Waals surface area contributed by atoms with Crippen LogP contribution in [0.3, 0.4) is 0 Å². The number of nitrogens with zero attached hydrogens (tertiary/aromatic N) is 4. The van der Waals surface area contributed by atoms with Gasteiger partial charge < -0.3 is 0 Å². The smallest absolute Gasteiger partial charge is 0.274 e. The Morgan fingerprint density at radius 1 is 1.33 bits per heavy atom. The average molecular weight is 244 g/mol. The molecule has 2 heterocycles. The molecule has 0 aliphatic heterocycles. The number of hydrogen-bond acceptors (Lipinski definition) is 6. The zero-order chi connectivity index (χ0) is 13.0. The fourth-order valence-electron chi connectivity index (χ4n) is 1.24. The van der Waals surface area contributed by atoms with Gasteiger partial charge in [0, 0.05) is 18.0 Å². The largest absolute Gasteiger partial charge is 0.288 e. The van der Waals surface area contributed by atoms with Crippen molar-refractivity contribution in [3.8, 4) is 0 Å². The number of hydrogen-bond donors (Lipinski definition) is 2. The highest BCUT2D eigenvalue weighted by Gasteiger charge is 1.99. The molecular weight excluding hydrogens is 232 g/mol. The monoisotopic (exact) mass is 244 g/mol. The summed E-state index contributed by atoms with van der Waals surface area (Å²) in [5.74, 6) is 0.207. The van der Waals surface area contributed by atoms with Crippen molar-refractivity contribution in [2.45, 2.75) is 13.8 Å². The van der Waals surface area contributed by atoms with E-state index in [2.05, 4.69) is 30.7 Å². The predicted molar refractivity (Wildman–Crippen MR) is 67.5 cm³/mol. The molecule has 0 amide bonds. The molecule has 0 bridgehead atoms. The molecule has 0 atom stereocenters. The van der Waals surface area contributed by atoms with E-state index in [1.807, 2.05) is 19.1 Å². The third-order valence-corrected chi connectivity index (χ3v) is 2.29. The molecule has 0 saturated carbocycles. The van der Waals surface area contributed by atoms with Crippen molar-refractivity contribution in [2.75, 3.05) is 5.43 Å². The van der Waals surface area contributed by atoms with Crippen LogP contribution in [0.5, 0.6) is 0 Å². The van der Waals surface area contributed by atoms with Gasteiger partial charge in [-0.15, -0.1) is 10.2 Å². The van der Waals surface area contributed by atoms with E-state index in [0.29, 0.717) is 5.69 Å². The standard InChI is InChI=1S/C11H12N6O/c1-7(9-3-5-12-6-4-9)14-16-11-13-10(18)8(2)15-17-11/h3-6H,1-2H3,(H2,13,16,17,18)/b14-7+. The van der Waals surface area contributed by atoms with Crippen molar-refractivity contribution >= 4 is 11.7 Å². The second-order valence-electron chi connectivity index (χ2n) is 3.63. The van der Waals surface area contributed by atoms with Crippen LogP contribution in [0.1, 0.15) is 18.2 Å². The second kappa shape index (κ2) is 5.17. The summed E-state index contributed by atoms with van der Waals surface area (Å²) in [6.45, 7) is 3.42. The zero-order valence-corrected chi connectivity index (χ0v) is 10.0. The zero-order valence-electron chi connectivity index (χ0n) is 10.0. The van der Waals surface area contributed by atoms with Crippen molar-refractivity contribution < 1.29 is 0 Å². The van der Waals surface area contributed by atoms with E-state index >= 15 is 0 Å². The topological polar surface area (TPSA) is 95.9 Å². The van der Waals surface area contributed by atoms with Crippen LogP contribution in [-0.2, 0) is 0 Å². The fourth-order valence-corrected chi connectivity index (χ4v) is 1.24. The summed E-state index contributed by atoms with van der Waals surface area (Å²) >= 11 is 0. The molecular formula is C11H12N6O. The number of aromatic amines is 1. The van der Waals surface area contributed by atoms with E-state index in [4.69, 9.17) is 0 Å². The fraction of sp³-hybridized carbons (Fsp3) is 0.182. The van der Waals surface area contributed by atoms with E-state index < -0.39 is 0 Å². The molecule has 7 heteroatoms. The first-order valence-electron chi connectivity index (χ1n) is 5.31. The molecule has 7 nitrogen and oxygen atoms in total. The van der Waals surface area contributed by atoms with Gasteiger partial charge in [0.1, 0.15) is 5.69 Å². The van der Waals surface area contributed by atoms with E-state index in [1.165, 1.54) is 0 Å². The predicted octanol–water partition coefficient (Wildman–Crippen LogP) is 0.704. The maximum atomic E-state index is 11.3. The number of hydrazone groups is 1. The van der Waals surface area contributed by atoms with Crippen molar-refractivity contribution in [1.82, 2.24) is 20.2 Å². The quantitative estimate of drug-likeness (QED) is 0.612. The minimum atomic E-state index is -0.288. The molecule has 92 valence electrons. The number of aromatic nitrogens is 4. The van der Waals surface area contributed by atoms with E-state index in [1.54, 1.807) is 19.3 Å². The van der Waals surface area contributed by atoms with Crippen LogP contribution in [0.2, 0.25) is 0 Å². The molecule has 0 aliphatic rings. The first kappa shape index (κ1) is 11.9. The number of aryl methyl sites for hydroxylation is 1. The van der Waals surface area contributed by atoms with Crippen molar-refractivity contribution in [2.24, 2.45) is 5.10 Å². The first-order chi connectivity index (χ1) is 8.66. The Bertz CT molecular complexity index is 619. The third-order valence-electron chi connectivity index (χ3n) is 2.29. The van der Waals surface area contributed by atoms with Crippen LogP contribution < -0.4 is 11.0 Å². The lowest BCUT2D eigenvalue weighted by Crippen LogP contribution is -2.16. The van der Waals surface area contributed by atoms with Gasteiger partial charge in [0.2, 0.25) is 5.95 Å². The Labute approximate surface area is 103 Å². The summed E-state index contributed by atoms with van der Waals surface area (Å²) < 4.78 is 0. The van der Waals surface area contributed by atoms with Gasteiger partial charge in [-0.05, 0) is 26.0 Å². The van der Waals surface area contributed by atoms with Gasteiger partial charge in [0.05, 0.1) is 5.71 Å². The summed E-state index contributed by atoms with van der Waals surface area (Å²) in [4.78, 5) is 17.7. The third kappa shape index (κ3) is 2.76. The van der Waals surface area contributed by atoms with Crippen LogP contribution in [0.25, 0.3) is 0 Å². The van der Waals surface area contributed by atoms with Gasteiger partial charge in [-0.2, -0.15) is 5.10 Å². The number of pyridine rings is 1. The summed E-state index contributed by atoms with van der Waals surface area (Å²) in [7, 11) is 0. The summed E-state index contributed by atoms with van der Waals surface area (Å²) in [6.07, 6.45) is 3.36. The maximum Gasteiger partial charge on any atom is 0.274 e. The summed E-state index contributed by atoms with van der Waals surface area (Å²) in [5.41, 5.74) is 4.36. The minimum Gasteiger partial charge on any atom is -0.288 e. The number of nitrogens with one attached hydrogen (secondary N) is 2. The van der Waals surface area contributed by atoms with Gasteiger partial charge in [-0.25, -0.2) is 5.43 Å². The molecule has 0 aromatic carbocycles. The normalized spacial score (nSPS) is 11.3. The van der Waals surface area contributed by atoms with Crippen LogP contribution in [-0.4, -0.2) is 25.9 Å². The van der Waals surface area contributed by atoms with E-state index in [0.717, 1.165) is 11.3 Å². The summed E-state index contributed by atoms with van der Waals surface area (Å²) in [5, 5.41) is 11.6. The van der Waals surface area contributed by atoms with Crippen LogP contribution in [0.4, 0.5) is 5.95 Å². The first-order valence-corrected chi connectivity index (χ1v) is 5.31. The van der Waals surface area contributed by atoms with Crippen molar-refractivity contribution in [3.63, 3.8) is 0 Å². The molecule has 2 N–H and O–H groups in total. The van der Waals surface area contributed by atoms with E-state index in [9.17, 15) is 4.79 Å². The highest BCUT2D eigenvalue weighted by Crippen LogP contribution is 2.00. The Balaban J connectivity index is 2.15. The second-order valence-corrected chi connectivity index (χ2v) is 3.63. The van der Waals surface area contributed by atoms with Crippen molar-refractivity contribution in [1.29, 1.82) is 0 Å². The lowest BCUT2D eigenvalue weighted by molar-refractivity contribution is 0.897. The Morgan fingerprint density at radius 3 is 2.72 bits per heavy atom.